The molecule has 9 heteroatoms. The Morgan fingerprint density at radius 2 is 1.85 bits per heavy atom. The van der Waals surface area contributed by atoms with Gasteiger partial charge < -0.3 is 20.1 Å². The second-order valence-corrected chi connectivity index (χ2v) is 6.38. The highest BCUT2D eigenvalue weighted by atomic mass is 16.2. The molecule has 0 aromatic carbocycles. The first-order valence-electron chi connectivity index (χ1n) is 8.60. The van der Waals surface area contributed by atoms with E-state index in [1.807, 2.05) is 11.5 Å². The van der Waals surface area contributed by atoms with Gasteiger partial charge in [0.25, 0.3) is 5.91 Å². The summed E-state index contributed by atoms with van der Waals surface area (Å²) in [7, 11) is 0. The molecule has 1 saturated heterocycles. The zero-order chi connectivity index (χ0) is 18.7. The van der Waals surface area contributed by atoms with Crippen molar-refractivity contribution in [3.05, 3.63) is 35.7 Å². The molecule has 0 radical (unpaired) electrons. The van der Waals surface area contributed by atoms with E-state index in [2.05, 4.69) is 15.0 Å². The summed E-state index contributed by atoms with van der Waals surface area (Å²) in [6.45, 7) is 6.08. The van der Waals surface area contributed by atoms with Crippen molar-refractivity contribution in [3.8, 4) is 0 Å². The highest BCUT2D eigenvalue weighted by molar-refractivity contribution is 5.92. The Balaban J connectivity index is 1.63. The van der Waals surface area contributed by atoms with E-state index in [0.717, 1.165) is 12.2 Å². The zero-order valence-corrected chi connectivity index (χ0v) is 15.1. The quantitative estimate of drug-likeness (QED) is 0.843. The molecule has 0 saturated carbocycles. The van der Waals surface area contributed by atoms with Crippen LogP contribution in [0.25, 0.3) is 0 Å². The first kappa shape index (κ1) is 17.8. The Morgan fingerprint density at radius 1 is 1.12 bits per heavy atom. The Morgan fingerprint density at radius 3 is 2.54 bits per heavy atom. The van der Waals surface area contributed by atoms with Crippen LogP contribution in [0.5, 0.6) is 0 Å². The molecular weight excluding hydrogens is 334 g/mol. The van der Waals surface area contributed by atoms with E-state index in [9.17, 15) is 9.59 Å². The summed E-state index contributed by atoms with van der Waals surface area (Å²) in [6.07, 6.45) is 4.20. The molecule has 2 amide bonds. The highest BCUT2D eigenvalue weighted by Crippen LogP contribution is 2.11. The smallest absolute Gasteiger partial charge is 0.272 e. The first-order valence-corrected chi connectivity index (χ1v) is 8.60. The number of nitrogens with zero attached hydrogens (tertiary/aromatic N) is 6. The lowest BCUT2D eigenvalue weighted by Gasteiger charge is -2.22. The number of hydrogen-bond acceptors (Lipinski definition) is 6. The number of anilines is 1. The number of carbonyl (C=O) groups is 2. The molecule has 0 bridgehead atoms. The molecule has 0 atom stereocenters. The maximum Gasteiger partial charge on any atom is 0.272 e. The molecule has 0 aliphatic carbocycles. The van der Waals surface area contributed by atoms with Crippen molar-refractivity contribution in [2.45, 2.75) is 26.8 Å². The third kappa shape index (κ3) is 3.98. The van der Waals surface area contributed by atoms with Gasteiger partial charge in [-0.15, -0.1) is 0 Å². The lowest BCUT2D eigenvalue weighted by Crippen LogP contribution is -2.39. The van der Waals surface area contributed by atoms with Crippen LogP contribution >= 0.6 is 0 Å². The molecular formula is C17H23N7O2. The van der Waals surface area contributed by atoms with Gasteiger partial charge in [0.15, 0.2) is 0 Å². The Hall–Kier alpha value is -2.97. The minimum atomic E-state index is -0.179. The van der Waals surface area contributed by atoms with Crippen molar-refractivity contribution in [2.75, 3.05) is 31.9 Å². The molecule has 1 aliphatic heterocycles. The van der Waals surface area contributed by atoms with Crippen molar-refractivity contribution < 1.29 is 9.59 Å². The number of nitrogens with two attached hydrogens (primary N) is 1. The van der Waals surface area contributed by atoms with Crippen LogP contribution in [0.4, 0.5) is 5.95 Å². The topological polar surface area (TPSA) is 110 Å². The van der Waals surface area contributed by atoms with Crippen LogP contribution in [0.3, 0.4) is 0 Å². The number of aromatic nitrogens is 4. The van der Waals surface area contributed by atoms with E-state index < -0.39 is 0 Å². The van der Waals surface area contributed by atoms with Gasteiger partial charge in [0.05, 0.1) is 0 Å². The molecule has 2 aromatic heterocycles. The van der Waals surface area contributed by atoms with E-state index in [0.29, 0.717) is 37.6 Å². The molecule has 3 heterocycles. The Kier molecular flexibility index (Phi) is 5.15. The second-order valence-electron chi connectivity index (χ2n) is 6.38. The minimum absolute atomic E-state index is 0.0301. The lowest BCUT2D eigenvalue weighted by molar-refractivity contribution is -0.131. The number of amides is 2. The van der Waals surface area contributed by atoms with Crippen molar-refractivity contribution in [3.63, 3.8) is 0 Å². The molecule has 3 rings (SSSR count). The molecule has 0 spiro atoms. The number of rotatable bonds is 3. The molecule has 138 valence electrons. The van der Waals surface area contributed by atoms with Gasteiger partial charge in [-0.05, 0) is 26.3 Å². The second kappa shape index (κ2) is 7.51. The summed E-state index contributed by atoms with van der Waals surface area (Å²) in [5.74, 6) is 0.752. The number of carbonyl (C=O) groups excluding carboxylic acids is 2. The van der Waals surface area contributed by atoms with Gasteiger partial charge in [0.1, 0.15) is 18.1 Å². The van der Waals surface area contributed by atoms with Crippen molar-refractivity contribution >= 4 is 17.8 Å². The highest BCUT2D eigenvalue weighted by Gasteiger charge is 2.24. The molecule has 1 aliphatic rings. The van der Waals surface area contributed by atoms with E-state index in [1.54, 1.807) is 35.2 Å². The zero-order valence-electron chi connectivity index (χ0n) is 15.1. The lowest BCUT2D eigenvalue weighted by atomic mass is 10.3. The number of nitrogen functional groups attached to an aromatic ring is 1. The summed E-state index contributed by atoms with van der Waals surface area (Å²) in [5, 5.41) is 0. The number of imidazole rings is 1. The van der Waals surface area contributed by atoms with E-state index >= 15 is 0 Å². The summed E-state index contributed by atoms with van der Waals surface area (Å²) >= 11 is 0. The summed E-state index contributed by atoms with van der Waals surface area (Å²) in [4.78, 5) is 40.9. The first-order chi connectivity index (χ1) is 12.4. The maximum absolute atomic E-state index is 12.7. The van der Waals surface area contributed by atoms with Gasteiger partial charge in [-0.1, -0.05) is 0 Å². The van der Waals surface area contributed by atoms with Crippen molar-refractivity contribution in [1.29, 1.82) is 0 Å². The molecule has 1 fully saturated rings. The van der Waals surface area contributed by atoms with Gasteiger partial charge in [0, 0.05) is 44.3 Å². The van der Waals surface area contributed by atoms with Crippen LogP contribution in [-0.4, -0.2) is 67.3 Å². The third-order valence-corrected chi connectivity index (χ3v) is 4.46. The fraction of sp³-hybridized carbons (Fsp3) is 0.471. The third-order valence-electron chi connectivity index (χ3n) is 4.46. The van der Waals surface area contributed by atoms with E-state index in [-0.39, 0.29) is 24.3 Å². The van der Waals surface area contributed by atoms with Crippen LogP contribution in [0.1, 0.15) is 28.4 Å². The maximum atomic E-state index is 12.7. The van der Waals surface area contributed by atoms with Crippen LogP contribution in [0.2, 0.25) is 0 Å². The number of hydrogen-bond donors (Lipinski definition) is 1. The van der Waals surface area contributed by atoms with Gasteiger partial charge in [-0.2, -0.15) is 0 Å². The van der Waals surface area contributed by atoms with Gasteiger partial charge in [0.2, 0.25) is 11.9 Å². The summed E-state index contributed by atoms with van der Waals surface area (Å²) in [5.41, 5.74) is 6.59. The van der Waals surface area contributed by atoms with Crippen molar-refractivity contribution in [2.24, 2.45) is 0 Å². The van der Waals surface area contributed by atoms with Crippen molar-refractivity contribution in [1.82, 2.24) is 29.3 Å². The largest absolute Gasteiger partial charge is 0.368 e. The SMILES string of the molecule is Cc1cc(C(=O)N2CCCN(C(=O)Cn3ccnc3C)CC2)nc(N)n1. The predicted molar refractivity (Wildman–Crippen MR) is 95.2 cm³/mol. The van der Waals surface area contributed by atoms with E-state index in [1.165, 1.54) is 0 Å². The van der Waals surface area contributed by atoms with Crippen LogP contribution in [0, 0.1) is 13.8 Å². The molecule has 2 N–H and O–H groups in total. The summed E-state index contributed by atoms with van der Waals surface area (Å²) in [6, 6.07) is 1.63. The Labute approximate surface area is 151 Å². The standard InChI is InChI=1S/C17H23N7O2/c1-12-10-14(21-17(18)20-12)16(26)23-6-3-5-22(8-9-23)15(25)11-24-7-4-19-13(24)2/h4,7,10H,3,5-6,8-9,11H2,1-2H3,(H2,18,20,21). The van der Waals surface area contributed by atoms with E-state index in [4.69, 9.17) is 5.73 Å². The molecule has 26 heavy (non-hydrogen) atoms. The van der Waals surface area contributed by atoms with Gasteiger partial charge >= 0.3 is 0 Å². The average molecular weight is 357 g/mol. The Bertz CT molecular complexity index is 797. The molecule has 2 aromatic rings. The monoisotopic (exact) mass is 357 g/mol. The van der Waals surface area contributed by atoms with Crippen LogP contribution < -0.4 is 5.73 Å². The molecule has 0 unspecified atom stereocenters. The average Bonchev–Trinajstić information content (AvgIpc) is 2.85. The predicted octanol–water partition coefficient (Wildman–Crippen LogP) is 0.247. The van der Waals surface area contributed by atoms with Crippen LogP contribution in [-0.2, 0) is 11.3 Å². The fourth-order valence-electron chi connectivity index (χ4n) is 3.05. The van der Waals surface area contributed by atoms with Gasteiger partial charge in [-0.25, -0.2) is 15.0 Å². The van der Waals surface area contributed by atoms with Crippen LogP contribution in [0.15, 0.2) is 18.5 Å². The molecule has 9 nitrogen and oxygen atoms in total. The minimum Gasteiger partial charge on any atom is -0.368 e. The number of aryl methyl sites for hydroxylation is 2. The fourth-order valence-corrected chi connectivity index (χ4v) is 3.05. The normalized spacial score (nSPS) is 15.0. The summed E-state index contributed by atoms with van der Waals surface area (Å²) < 4.78 is 1.82. The van der Waals surface area contributed by atoms with Gasteiger partial charge in [-0.3, -0.25) is 9.59 Å².